The zero-order valence-corrected chi connectivity index (χ0v) is 10.1. The van der Waals surface area contributed by atoms with Gasteiger partial charge in [-0.1, -0.05) is 61.0 Å². The summed E-state index contributed by atoms with van der Waals surface area (Å²) >= 11 is 3.65. The number of hydrogen-bond donors (Lipinski definition) is 0. The van der Waals surface area contributed by atoms with Crippen molar-refractivity contribution in [1.29, 1.82) is 0 Å². The monoisotopic (exact) mass is 240 g/mol. The van der Waals surface area contributed by atoms with Gasteiger partial charge in [0.2, 0.25) is 0 Å². The molecule has 1 aromatic carbocycles. The maximum absolute atomic E-state index is 3.65. The molecule has 0 heterocycles. The second kappa shape index (κ2) is 4.80. The summed E-state index contributed by atoms with van der Waals surface area (Å²) < 4.78 is 0. The molecule has 0 aliphatic carbocycles. The van der Waals surface area contributed by atoms with Crippen molar-refractivity contribution < 1.29 is 0 Å². The minimum absolute atomic E-state index is 0.508. The summed E-state index contributed by atoms with van der Waals surface area (Å²) in [5.74, 6) is 0.629. The van der Waals surface area contributed by atoms with Crippen molar-refractivity contribution in [2.75, 3.05) is 0 Å². The van der Waals surface area contributed by atoms with Gasteiger partial charge >= 0.3 is 0 Å². The Morgan fingerprint density at radius 2 is 1.54 bits per heavy atom. The minimum Gasteiger partial charge on any atom is -0.0839 e. The van der Waals surface area contributed by atoms with Gasteiger partial charge in [-0.05, 0) is 23.5 Å². The molecule has 0 saturated carbocycles. The van der Waals surface area contributed by atoms with Gasteiger partial charge in [-0.2, -0.15) is 0 Å². The Balaban J connectivity index is 2.81. The smallest absolute Gasteiger partial charge is 0.0392 e. The summed E-state index contributed by atoms with van der Waals surface area (Å²) in [6.07, 6.45) is 1.14. The fourth-order valence-corrected chi connectivity index (χ4v) is 1.63. The Bertz CT molecular complexity index is 248. The standard InChI is InChI=1S/C12H17Br/c1-4-12(13)11-7-5-10(6-8-11)9(2)3/h5-9,12H,4H2,1-3H3/t12-/m0/s1. The predicted octanol–water partition coefficient (Wildman–Crippen LogP) is 4.66. The highest BCUT2D eigenvalue weighted by atomic mass is 79.9. The molecule has 0 bridgehead atoms. The molecule has 0 aliphatic heterocycles. The molecule has 0 fully saturated rings. The Morgan fingerprint density at radius 3 is 1.92 bits per heavy atom. The topological polar surface area (TPSA) is 0 Å². The number of halogens is 1. The first-order chi connectivity index (χ1) is 6.15. The van der Waals surface area contributed by atoms with E-state index in [4.69, 9.17) is 0 Å². The van der Waals surface area contributed by atoms with Gasteiger partial charge in [0, 0.05) is 4.83 Å². The zero-order chi connectivity index (χ0) is 9.84. The molecular weight excluding hydrogens is 224 g/mol. The Hall–Kier alpha value is -0.300. The highest BCUT2D eigenvalue weighted by molar-refractivity contribution is 9.09. The quantitative estimate of drug-likeness (QED) is 0.675. The van der Waals surface area contributed by atoms with E-state index < -0.39 is 0 Å². The maximum Gasteiger partial charge on any atom is 0.0392 e. The Labute approximate surface area is 89.5 Å². The van der Waals surface area contributed by atoms with E-state index in [1.165, 1.54) is 11.1 Å². The average Bonchev–Trinajstić information content (AvgIpc) is 2.17. The molecule has 0 unspecified atom stereocenters. The van der Waals surface area contributed by atoms with Gasteiger partial charge in [-0.25, -0.2) is 0 Å². The molecule has 1 aromatic rings. The SMILES string of the molecule is CC[C@H](Br)c1ccc(C(C)C)cc1. The van der Waals surface area contributed by atoms with E-state index in [9.17, 15) is 0 Å². The van der Waals surface area contributed by atoms with Crippen LogP contribution in [0.15, 0.2) is 24.3 Å². The second-order valence-corrected chi connectivity index (χ2v) is 4.80. The minimum atomic E-state index is 0.508. The predicted molar refractivity (Wildman–Crippen MR) is 62.5 cm³/mol. The van der Waals surface area contributed by atoms with Crippen LogP contribution in [0.5, 0.6) is 0 Å². The molecule has 0 aromatic heterocycles. The number of hydrogen-bond acceptors (Lipinski definition) is 0. The molecule has 1 atom stereocenters. The van der Waals surface area contributed by atoms with E-state index in [0.29, 0.717) is 10.7 Å². The van der Waals surface area contributed by atoms with Crippen LogP contribution in [0.25, 0.3) is 0 Å². The normalized spacial score (nSPS) is 13.3. The second-order valence-electron chi connectivity index (χ2n) is 3.70. The summed E-state index contributed by atoms with van der Waals surface area (Å²) in [7, 11) is 0. The fourth-order valence-electron chi connectivity index (χ4n) is 1.33. The fraction of sp³-hybridized carbons (Fsp3) is 0.500. The van der Waals surface area contributed by atoms with Crippen LogP contribution in [0, 0.1) is 0 Å². The van der Waals surface area contributed by atoms with Gasteiger partial charge in [-0.3, -0.25) is 0 Å². The van der Waals surface area contributed by atoms with Crippen molar-refractivity contribution in [3.05, 3.63) is 35.4 Å². The third kappa shape index (κ3) is 2.84. The highest BCUT2D eigenvalue weighted by Crippen LogP contribution is 2.27. The van der Waals surface area contributed by atoms with Crippen LogP contribution in [-0.4, -0.2) is 0 Å². The van der Waals surface area contributed by atoms with Gasteiger partial charge in [-0.15, -0.1) is 0 Å². The summed E-state index contributed by atoms with van der Waals surface area (Å²) in [5.41, 5.74) is 2.80. The lowest BCUT2D eigenvalue weighted by molar-refractivity contribution is 0.859. The number of benzene rings is 1. The first kappa shape index (κ1) is 10.8. The molecule has 0 saturated heterocycles. The highest BCUT2D eigenvalue weighted by Gasteiger charge is 2.04. The van der Waals surface area contributed by atoms with Crippen molar-refractivity contribution in [3.63, 3.8) is 0 Å². The lowest BCUT2D eigenvalue weighted by Gasteiger charge is -2.09. The number of alkyl halides is 1. The van der Waals surface area contributed by atoms with Crippen molar-refractivity contribution in [2.24, 2.45) is 0 Å². The first-order valence-electron chi connectivity index (χ1n) is 4.89. The molecule has 0 nitrogen and oxygen atoms in total. The third-order valence-corrected chi connectivity index (χ3v) is 3.50. The van der Waals surface area contributed by atoms with Crippen LogP contribution in [0.1, 0.15) is 49.1 Å². The van der Waals surface area contributed by atoms with Crippen molar-refractivity contribution in [1.82, 2.24) is 0 Å². The lowest BCUT2D eigenvalue weighted by Crippen LogP contribution is -1.90. The van der Waals surface area contributed by atoms with Crippen LogP contribution in [0.2, 0.25) is 0 Å². The van der Waals surface area contributed by atoms with Gasteiger partial charge < -0.3 is 0 Å². The Kier molecular flexibility index (Phi) is 3.98. The van der Waals surface area contributed by atoms with Crippen molar-refractivity contribution in [2.45, 2.75) is 37.9 Å². The summed E-state index contributed by atoms with van der Waals surface area (Å²) in [6.45, 7) is 6.64. The van der Waals surface area contributed by atoms with E-state index >= 15 is 0 Å². The Morgan fingerprint density at radius 1 is 1.08 bits per heavy atom. The van der Waals surface area contributed by atoms with Crippen LogP contribution < -0.4 is 0 Å². The van der Waals surface area contributed by atoms with Gasteiger partial charge in [0.1, 0.15) is 0 Å². The first-order valence-corrected chi connectivity index (χ1v) is 5.80. The van der Waals surface area contributed by atoms with E-state index in [2.05, 4.69) is 61.0 Å². The largest absolute Gasteiger partial charge is 0.0839 e. The molecule has 0 radical (unpaired) electrons. The summed E-state index contributed by atoms with van der Waals surface area (Å²) in [6, 6.07) is 8.89. The molecular formula is C12H17Br. The third-order valence-electron chi connectivity index (χ3n) is 2.32. The zero-order valence-electron chi connectivity index (χ0n) is 8.55. The molecule has 1 heteroatoms. The van der Waals surface area contributed by atoms with E-state index in [-0.39, 0.29) is 0 Å². The van der Waals surface area contributed by atoms with Gasteiger partial charge in [0.15, 0.2) is 0 Å². The number of rotatable bonds is 3. The van der Waals surface area contributed by atoms with E-state index in [1.54, 1.807) is 0 Å². The van der Waals surface area contributed by atoms with Crippen LogP contribution in [-0.2, 0) is 0 Å². The molecule has 72 valence electrons. The molecule has 0 amide bonds. The van der Waals surface area contributed by atoms with Crippen LogP contribution in [0.3, 0.4) is 0 Å². The van der Waals surface area contributed by atoms with Crippen molar-refractivity contribution in [3.8, 4) is 0 Å². The van der Waals surface area contributed by atoms with Gasteiger partial charge in [0.05, 0.1) is 0 Å². The molecule has 13 heavy (non-hydrogen) atoms. The van der Waals surface area contributed by atoms with Crippen LogP contribution in [0.4, 0.5) is 0 Å². The molecule has 0 N–H and O–H groups in total. The molecule has 0 aliphatic rings. The molecule has 0 spiro atoms. The molecule has 1 rings (SSSR count). The maximum atomic E-state index is 3.65. The van der Waals surface area contributed by atoms with Crippen molar-refractivity contribution >= 4 is 15.9 Å². The van der Waals surface area contributed by atoms with Crippen LogP contribution >= 0.6 is 15.9 Å². The lowest BCUT2D eigenvalue weighted by atomic mass is 10.0. The van der Waals surface area contributed by atoms with E-state index in [0.717, 1.165) is 6.42 Å². The van der Waals surface area contributed by atoms with Gasteiger partial charge in [0.25, 0.3) is 0 Å². The average molecular weight is 241 g/mol. The summed E-state index contributed by atoms with van der Waals surface area (Å²) in [5, 5.41) is 0. The summed E-state index contributed by atoms with van der Waals surface area (Å²) in [4.78, 5) is 0.508. The van der Waals surface area contributed by atoms with E-state index in [1.807, 2.05) is 0 Å².